The van der Waals surface area contributed by atoms with Gasteiger partial charge in [-0.25, -0.2) is 13.4 Å². The Balaban J connectivity index is 0.00000506. The van der Waals surface area contributed by atoms with Gasteiger partial charge in [-0.3, -0.25) is 0 Å². The van der Waals surface area contributed by atoms with Crippen LogP contribution in [0.15, 0.2) is 89.9 Å². The van der Waals surface area contributed by atoms with Gasteiger partial charge in [0, 0.05) is 18.6 Å². The molecule has 43 heavy (non-hydrogen) atoms. The van der Waals surface area contributed by atoms with Gasteiger partial charge in [0.15, 0.2) is 5.96 Å². The first kappa shape index (κ1) is 34.6. The minimum atomic E-state index is -4.73. The molecule has 4 atom stereocenters. The number of ether oxygens (including phenoxy) is 1. The molecule has 7 rings (SSSR count). The molecular weight excluding hydrogens is 581 g/mol. The van der Waals surface area contributed by atoms with Crippen molar-refractivity contribution in [3.05, 3.63) is 107 Å². The van der Waals surface area contributed by atoms with Gasteiger partial charge in [0.25, 0.3) is 0 Å². The van der Waals surface area contributed by atoms with Gasteiger partial charge in [-0.1, -0.05) is 60.7 Å². The average Bonchev–Trinajstić information content (AvgIpc) is 2.95. The van der Waals surface area contributed by atoms with Crippen molar-refractivity contribution in [3.8, 4) is 11.5 Å². The number of allylic oxidation sites excluding steroid dienone is 1. The first-order chi connectivity index (χ1) is 20.0. The van der Waals surface area contributed by atoms with E-state index in [1.807, 2.05) is 0 Å². The smallest absolute Gasteiger partial charge is 0.748 e. The maximum atomic E-state index is 12.6. The number of aromatic hydroxyl groups is 1. The molecule has 0 spiro atoms. The second-order valence-electron chi connectivity index (χ2n) is 10.5. The average molecular weight is 618 g/mol. The fourth-order valence-corrected chi connectivity index (χ4v) is 6.27. The molecule has 7 N–H and O–H groups in total. The molecule has 4 aliphatic heterocycles. The largest absolute Gasteiger partial charge is 1.00 e. The predicted octanol–water partition coefficient (Wildman–Crippen LogP) is -0.0176. The molecule has 224 valence electrons. The third-order valence-electron chi connectivity index (χ3n) is 7.41. The number of phenols is 1. The number of aliphatic imine (C=N–C) groups is 1. The van der Waals surface area contributed by atoms with Crippen LogP contribution < -0.4 is 45.8 Å². The number of phenolic OH excluding ortho intramolecular Hbond substituents is 1. The molecule has 0 fully saturated rings. The van der Waals surface area contributed by atoms with E-state index in [-0.39, 0.29) is 67.1 Å². The van der Waals surface area contributed by atoms with Gasteiger partial charge in [-0.05, 0) is 72.6 Å². The Morgan fingerprint density at radius 2 is 1.67 bits per heavy atom. The Hall–Kier alpha value is -2.90. The SMILES string of the molecule is NC(N)=NC1(CCCO)Oc2ccc(cc2)CCC(S(=O)(=O)[O-])C(C=CC(O)c2ccc(O)cc2)Cc2ccc1cc2.[Na+]. The van der Waals surface area contributed by atoms with Crippen LogP contribution in [0.3, 0.4) is 0 Å². The molecule has 4 unspecified atom stereocenters. The third-order valence-corrected chi connectivity index (χ3v) is 8.74. The number of rotatable bonds is 8. The standard InChI is InChI=1S/C31H37N3O7S.Na/c32-30(33)34-31(18-1-19-35)25-10-2-22(3-11-25)20-24(9-16-28(37)23-7-12-26(36)13-8-23)29(42(38,39)40)17-6-21-4-14-27(41-31)15-5-21;/h2-5,7-16,24,28-29,35-37H,1,6,17-20H2,(H4,32,33,34)(H,38,39,40);/q;+1/p-1. The van der Waals surface area contributed by atoms with Crippen LogP contribution in [0.2, 0.25) is 0 Å². The van der Waals surface area contributed by atoms with Crippen LogP contribution >= 0.6 is 0 Å². The summed E-state index contributed by atoms with van der Waals surface area (Å²) in [6.07, 6.45) is 3.21. The summed E-state index contributed by atoms with van der Waals surface area (Å²) in [4.78, 5) is 4.45. The van der Waals surface area contributed by atoms with Crippen LogP contribution in [0, 0.1) is 5.92 Å². The third kappa shape index (κ3) is 9.29. The van der Waals surface area contributed by atoms with Gasteiger partial charge in [0.2, 0.25) is 5.72 Å². The minimum Gasteiger partial charge on any atom is -0.748 e. The first-order valence-electron chi connectivity index (χ1n) is 13.7. The van der Waals surface area contributed by atoms with Crippen LogP contribution in [0.25, 0.3) is 0 Å². The van der Waals surface area contributed by atoms with Crippen LogP contribution in [0.5, 0.6) is 11.5 Å². The summed E-state index contributed by atoms with van der Waals surface area (Å²) in [7, 11) is -4.73. The van der Waals surface area contributed by atoms with Crippen LogP contribution in [0.4, 0.5) is 0 Å². The van der Waals surface area contributed by atoms with Gasteiger partial charge in [-0.2, -0.15) is 0 Å². The van der Waals surface area contributed by atoms with Gasteiger partial charge >= 0.3 is 29.6 Å². The summed E-state index contributed by atoms with van der Waals surface area (Å²) >= 11 is 0. The number of aryl methyl sites for hydroxylation is 1. The van der Waals surface area contributed by atoms with E-state index in [9.17, 15) is 28.3 Å². The molecule has 3 aromatic rings. The summed E-state index contributed by atoms with van der Waals surface area (Å²) in [5, 5.41) is 28.6. The number of guanidine groups is 1. The van der Waals surface area contributed by atoms with Crippen molar-refractivity contribution in [2.45, 2.75) is 49.2 Å². The molecule has 4 aliphatic rings. The van der Waals surface area contributed by atoms with Crippen molar-refractivity contribution in [1.29, 1.82) is 0 Å². The second-order valence-corrected chi connectivity index (χ2v) is 12.0. The maximum absolute atomic E-state index is 12.6. The number of benzene rings is 3. The molecule has 12 heteroatoms. The minimum absolute atomic E-state index is 0. The molecule has 4 bridgehead atoms. The zero-order valence-electron chi connectivity index (χ0n) is 24.0. The van der Waals surface area contributed by atoms with E-state index in [4.69, 9.17) is 16.2 Å². The number of nitrogens with zero attached hydrogens (tertiary/aromatic N) is 1. The molecule has 0 aromatic heterocycles. The Kier molecular flexibility index (Phi) is 12.2. The van der Waals surface area contributed by atoms with E-state index in [0.29, 0.717) is 29.7 Å². The van der Waals surface area contributed by atoms with Crippen LogP contribution in [-0.4, -0.2) is 46.1 Å². The quantitative estimate of drug-likeness (QED) is 0.0760. The molecular formula is C31H36N3NaO7S. The number of nitrogens with two attached hydrogens (primary N) is 2. The molecule has 10 nitrogen and oxygen atoms in total. The first-order valence-corrected chi connectivity index (χ1v) is 15.2. The normalized spacial score (nSPS) is 21.3. The van der Waals surface area contributed by atoms with E-state index >= 15 is 0 Å². The van der Waals surface area contributed by atoms with Crippen molar-refractivity contribution in [1.82, 2.24) is 0 Å². The fourth-order valence-electron chi connectivity index (χ4n) is 5.25. The van der Waals surface area contributed by atoms with E-state index in [0.717, 1.165) is 11.1 Å². The van der Waals surface area contributed by atoms with E-state index in [2.05, 4.69) is 4.99 Å². The molecule has 0 aliphatic carbocycles. The zero-order valence-corrected chi connectivity index (χ0v) is 26.9. The van der Waals surface area contributed by atoms with Crippen molar-refractivity contribution in [2.75, 3.05) is 6.61 Å². The molecule has 0 amide bonds. The second kappa shape index (κ2) is 15.2. The summed E-state index contributed by atoms with van der Waals surface area (Å²) in [5.41, 5.74) is 13.0. The Morgan fingerprint density at radius 1 is 1.05 bits per heavy atom. The number of hydrogen-bond acceptors (Lipinski definition) is 8. The summed E-state index contributed by atoms with van der Waals surface area (Å²) in [5.74, 6) is -0.413. The number of aliphatic hydroxyl groups is 2. The number of aliphatic hydroxyl groups excluding tert-OH is 2. The molecule has 3 aromatic carbocycles. The summed E-state index contributed by atoms with van der Waals surface area (Å²) < 4.78 is 44.1. The Bertz CT molecular complexity index is 1490. The van der Waals surface area contributed by atoms with E-state index in [1.54, 1.807) is 66.7 Å². The monoisotopic (exact) mass is 617 g/mol. The maximum Gasteiger partial charge on any atom is 1.00 e. The summed E-state index contributed by atoms with van der Waals surface area (Å²) in [6, 6.07) is 20.2. The van der Waals surface area contributed by atoms with Gasteiger partial charge in [-0.15, -0.1) is 0 Å². The number of hydrogen-bond donors (Lipinski definition) is 5. The Labute approximate surface area is 274 Å². The van der Waals surface area contributed by atoms with Crippen molar-refractivity contribution in [3.63, 3.8) is 0 Å². The van der Waals surface area contributed by atoms with Gasteiger partial charge < -0.3 is 36.1 Å². The predicted molar refractivity (Wildman–Crippen MR) is 159 cm³/mol. The molecule has 4 heterocycles. The van der Waals surface area contributed by atoms with Crippen LogP contribution in [-0.2, 0) is 28.7 Å². The van der Waals surface area contributed by atoms with Crippen molar-refractivity contribution >= 4 is 16.1 Å². The van der Waals surface area contributed by atoms with E-state index < -0.39 is 33.1 Å². The van der Waals surface area contributed by atoms with Crippen molar-refractivity contribution < 1.29 is 62.6 Å². The van der Waals surface area contributed by atoms with Gasteiger partial charge in [0.1, 0.15) is 11.5 Å². The Morgan fingerprint density at radius 3 is 2.26 bits per heavy atom. The van der Waals surface area contributed by atoms with Crippen molar-refractivity contribution in [2.24, 2.45) is 22.4 Å². The van der Waals surface area contributed by atoms with Crippen LogP contribution in [0.1, 0.15) is 47.6 Å². The topological polar surface area (TPSA) is 192 Å². The summed E-state index contributed by atoms with van der Waals surface area (Å²) in [6.45, 7) is -0.100. The molecule has 0 saturated heterocycles. The molecule has 0 radical (unpaired) electrons. The van der Waals surface area contributed by atoms with Gasteiger partial charge in [0.05, 0.1) is 21.5 Å². The molecule has 0 saturated carbocycles. The van der Waals surface area contributed by atoms with E-state index in [1.165, 1.54) is 18.2 Å². The zero-order chi connectivity index (χ0) is 30.3. The fraction of sp³-hybridized carbons (Fsp3) is 0.323.